The van der Waals surface area contributed by atoms with Gasteiger partial charge in [-0.1, -0.05) is 12.1 Å². The fourth-order valence-corrected chi connectivity index (χ4v) is 3.24. The lowest BCUT2D eigenvalue weighted by molar-refractivity contribution is 0.243. The van der Waals surface area contributed by atoms with Crippen LogP contribution in [0.5, 0.6) is 0 Å². The second-order valence-corrected chi connectivity index (χ2v) is 6.58. The quantitative estimate of drug-likeness (QED) is 0.790. The van der Waals surface area contributed by atoms with Crippen LogP contribution in [0.15, 0.2) is 36.7 Å². The lowest BCUT2D eigenvalue weighted by atomic mass is 10.1. The number of anilines is 1. The van der Waals surface area contributed by atoms with Crippen LogP contribution in [0, 0.1) is 6.92 Å². The van der Waals surface area contributed by atoms with E-state index in [1.807, 2.05) is 43.6 Å². The molecule has 1 fully saturated rings. The van der Waals surface area contributed by atoms with Crippen molar-refractivity contribution in [1.29, 1.82) is 0 Å². The standard InChI is InChI=1S/C18H21FN6/c1-12-8-21-17(22-9-12)11-25-16-5-3-2-4-15(16)23-18(25)24-7-6-13(19)14(20)10-24/h2-5,8-9,13-14H,6-7,10-11,20H2,1H3/t13-,14-/m1/s1. The maximum Gasteiger partial charge on any atom is 0.207 e. The Kier molecular flexibility index (Phi) is 4.09. The minimum absolute atomic E-state index is 0.422. The van der Waals surface area contributed by atoms with Gasteiger partial charge in [-0.25, -0.2) is 19.3 Å². The molecule has 0 spiro atoms. The van der Waals surface area contributed by atoms with E-state index in [0.717, 1.165) is 28.4 Å². The summed E-state index contributed by atoms with van der Waals surface area (Å²) >= 11 is 0. The molecule has 2 N–H and O–H groups in total. The van der Waals surface area contributed by atoms with Gasteiger partial charge in [0.2, 0.25) is 5.95 Å². The first-order valence-corrected chi connectivity index (χ1v) is 8.49. The van der Waals surface area contributed by atoms with Gasteiger partial charge in [0.1, 0.15) is 12.0 Å². The van der Waals surface area contributed by atoms with Gasteiger partial charge >= 0.3 is 0 Å². The molecule has 0 bridgehead atoms. The van der Waals surface area contributed by atoms with Crippen molar-refractivity contribution in [1.82, 2.24) is 19.5 Å². The van der Waals surface area contributed by atoms with E-state index in [4.69, 9.17) is 10.7 Å². The monoisotopic (exact) mass is 340 g/mol. The number of hydrogen-bond acceptors (Lipinski definition) is 5. The van der Waals surface area contributed by atoms with E-state index in [1.54, 1.807) is 0 Å². The van der Waals surface area contributed by atoms with Gasteiger partial charge in [0, 0.05) is 25.5 Å². The van der Waals surface area contributed by atoms with Crippen LogP contribution in [0.1, 0.15) is 17.8 Å². The first-order chi connectivity index (χ1) is 12.1. The van der Waals surface area contributed by atoms with Gasteiger partial charge in [-0.05, 0) is 31.0 Å². The van der Waals surface area contributed by atoms with Crippen LogP contribution in [-0.4, -0.2) is 44.8 Å². The third-order valence-electron chi connectivity index (χ3n) is 4.62. The van der Waals surface area contributed by atoms with E-state index >= 15 is 0 Å². The summed E-state index contributed by atoms with van der Waals surface area (Å²) in [5.74, 6) is 1.52. The predicted octanol–water partition coefficient (Wildman–Crippen LogP) is 2.06. The van der Waals surface area contributed by atoms with Crippen LogP contribution in [-0.2, 0) is 6.54 Å². The fourth-order valence-electron chi connectivity index (χ4n) is 3.24. The van der Waals surface area contributed by atoms with Crippen molar-refractivity contribution < 1.29 is 4.39 Å². The van der Waals surface area contributed by atoms with Crippen molar-refractivity contribution >= 4 is 17.0 Å². The molecule has 2 aromatic heterocycles. The zero-order chi connectivity index (χ0) is 17.4. The first kappa shape index (κ1) is 16.0. The molecule has 0 aliphatic carbocycles. The molecule has 3 aromatic rings. The minimum atomic E-state index is -0.950. The summed E-state index contributed by atoms with van der Waals surface area (Å²) in [6.07, 6.45) is 3.09. The van der Waals surface area contributed by atoms with E-state index in [0.29, 0.717) is 26.1 Å². The molecule has 0 saturated carbocycles. The van der Waals surface area contributed by atoms with Crippen LogP contribution in [0.3, 0.4) is 0 Å². The summed E-state index contributed by atoms with van der Waals surface area (Å²) in [5, 5.41) is 0. The number of nitrogens with zero attached hydrogens (tertiary/aromatic N) is 5. The zero-order valence-corrected chi connectivity index (χ0v) is 14.1. The van der Waals surface area contributed by atoms with Gasteiger partial charge in [0.05, 0.1) is 23.6 Å². The highest BCUT2D eigenvalue weighted by molar-refractivity contribution is 5.79. The maximum atomic E-state index is 13.8. The summed E-state index contributed by atoms with van der Waals surface area (Å²) < 4.78 is 15.8. The number of piperidine rings is 1. The smallest absolute Gasteiger partial charge is 0.207 e. The second kappa shape index (κ2) is 6.40. The Morgan fingerprint density at radius 1 is 1.24 bits per heavy atom. The topological polar surface area (TPSA) is 72.9 Å². The van der Waals surface area contributed by atoms with Gasteiger partial charge in [-0.15, -0.1) is 0 Å². The highest BCUT2D eigenvalue weighted by Crippen LogP contribution is 2.26. The van der Waals surface area contributed by atoms with Crippen LogP contribution in [0.2, 0.25) is 0 Å². The number of para-hydroxylation sites is 2. The third-order valence-corrected chi connectivity index (χ3v) is 4.62. The van der Waals surface area contributed by atoms with Crippen molar-refractivity contribution in [3.05, 3.63) is 48.0 Å². The molecule has 0 unspecified atom stereocenters. The second-order valence-electron chi connectivity index (χ2n) is 6.58. The molecular weight excluding hydrogens is 319 g/mol. The molecular formula is C18H21FN6. The largest absolute Gasteiger partial charge is 0.340 e. The Morgan fingerprint density at radius 3 is 2.76 bits per heavy atom. The number of alkyl halides is 1. The molecule has 7 heteroatoms. The average molecular weight is 340 g/mol. The highest BCUT2D eigenvalue weighted by atomic mass is 19.1. The summed E-state index contributed by atoms with van der Waals surface area (Å²) in [6, 6.07) is 7.47. The Labute approximate surface area is 145 Å². The summed E-state index contributed by atoms with van der Waals surface area (Å²) in [4.78, 5) is 15.6. The Bertz CT molecular complexity index is 875. The van der Waals surface area contributed by atoms with E-state index in [-0.39, 0.29) is 0 Å². The number of aromatic nitrogens is 4. The maximum absolute atomic E-state index is 13.8. The number of halogens is 1. The average Bonchev–Trinajstić information content (AvgIpc) is 2.98. The van der Waals surface area contributed by atoms with Gasteiger partial charge < -0.3 is 15.2 Å². The number of imidazole rings is 1. The number of rotatable bonds is 3. The molecule has 0 amide bonds. The fraction of sp³-hybridized carbons (Fsp3) is 0.389. The van der Waals surface area contributed by atoms with Crippen LogP contribution >= 0.6 is 0 Å². The van der Waals surface area contributed by atoms with Gasteiger partial charge in [0.15, 0.2) is 0 Å². The van der Waals surface area contributed by atoms with Gasteiger partial charge in [-0.3, -0.25) is 0 Å². The Hall–Kier alpha value is -2.54. The highest BCUT2D eigenvalue weighted by Gasteiger charge is 2.29. The molecule has 0 radical (unpaired) electrons. The molecule has 1 aliphatic heterocycles. The van der Waals surface area contributed by atoms with Crippen LogP contribution in [0.25, 0.3) is 11.0 Å². The van der Waals surface area contributed by atoms with Crippen molar-refractivity contribution in [3.8, 4) is 0 Å². The van der Waals surface area contributed by atoms with Gasteiger partial charge in [-0.2, -0.15) is 0 Å². The molecule has 3 heterocycles. The number of hydrogen-bond donors (Lipinski definition) is 1. The molecule has 2 atom stereocenters. The van der Waals surface area contributed by atoms with Crippen LogP contribution < -0.4 is 10.6 Å². The molecule has 1 aliphatic rings. The Balaban J connectivity index is 1.74. The first-order valence-electron chi connectivity index (χ1n) is 8.49. The molecule has 4 rings (SSSR count). The summed E-state index contributed by atoms with van der Waals surface area (Å²) in [5.41, 5.74) is 8.88. The van der Waals surface area contributed by atoms with Crippen molar-refractivity contribution in [2.75, 3.05) is 18.0 Å². The predicted molar refractivity (Wildman–Crippen MR) is 95.3 cm³/mol. The lowest BCUT2D eigenvalue weighted by Gasteiger charge is -2.34. The number of aryl methyl sites for hydroxylation is 1. The lowest BCUT2D eigenvalue weighted by Crippen LogP contribution is -2.50. The number of fused-ring (bicyclic) bond motifs is 1. The minimum Gasteiger partial charge on any atom is -0.340 e. The van der Waals surface area contributed by atoms with Crippen LogP contribution in [0.4, 0.5) is 10.3 Å². The van der Waals surface area contributed by atoms with E-state index < -0.39 is 12.2 Å². The molecule has 1 saturated heterocycles. The van der Waals surface area contributed by atoms with Crippen molar-refractivity contribution in [2.24, 2.45) is 5.73 Å². The molecule has 6 nitrogen and oxygen atoms in total. The molecule has 25 heavy (non-hydrogen) atoms. The van der Waals surface area contributed by atoms with Crippen molar-refractivity contribution in [2.45, 2.75) is 32.1 Å². The normalized spacial score (nSPS) is 21.0. The third kappa shape index (κ3) is 3.07. The number of benzene rings is 1. The summed E-state index contributed by atoms with van der Waals surface area (Å²) in [6.45, 7) is 3.54. The Morgan fingerprint density at radius 2 is 2.00 bits per heavy atom. The van der Waals surface area contributed by atoms with E-state index in [2.05, 4.69) is 19.4 Å². The number of nitrogens with two attached hydrogens (primary N) is 1. The van der Waals surface area contributed by atoms with Gasteiger partial charge in [0.25, 0.3) is 0 Å². The van der Waals surface area contributed by atoms with E-state index in [1.165, 1.54) is 0 Å². The SMILES string of the molecule is Cc1cnc(Cn2c(N3CC[C@@H](F)[C@H](N)C3)nc3ccccc32)nc1. The zero-order valence-electron chi connectivity index (χ0n) is 14.1. The molecule has 1 aromatic carbocycles. The van der Waals surface area contributed by atoms with Crippen molar-refractivity contribution in [3.63, 3.8) is 0 Å². The summed E-state index contributed by atoms with van der Waals surface area (Å²) in [7, 11) is 0. The van der Waals surface area contributed by atoms with E-state index in [9.17, 15) is 4.39 Å². The molecule has 130 valence electrons.